The summed E-state index contributed by atoms with van der Waals surface area (Å²) in [6.45, 7) is 0. The van der Waals surface area contributed by atoms with Crippen LogP contribution in [0.3, 0.4) is 0 Å². The highest BCUT2D eigenvalue weighted by atomic mass is 35.5. The Kier molecular flexibility index (Phi) is 1.49. The lowest BCUT2D eigenvalue weighted by Crippen LogP contribution is -1.88. The molecule has 3 nitrogen and oxygen atoms in total. The van der Waals surface area contributed by atoms with Crippen molar-refractivity contribution in [2.45, 2.75) is 0 Å². The molecule has 0 aliphatic carbocycles. The lowest BCUT2D eigenvalue weighted by molar-refractivity contribution is 0.959. The van der Waals surface area contributed by atoms with Crippen LogP contribution in [0.2, 0.25) is 5.02 Å². The van der Waals surface area contributed by atoms with Crippen LogP contribution >= 0.6 is 11.6 Å². The molecule has 0 spiro atoms. The highest BCUT2D eigenvalue weighted by Crippen LogP contribution is 2.15. The van der Waals surface area contributed by atoms with Crippen molar-refractivity contribution in [1.29, 1.82) is 5.26 Å². The highest BCUT2D eigenvalue weighted by Gasteiger charge is 2.01. The fourth-order valence-electron chi connectivity index (χ4n) is 1.09. The molecule has 0 aliphatic heterocycles. The minimum Gasteiger partial charge on any atom is -0.238 e. The van der Waals surface area contributed by atoms with Crippen LogP contribution in [-0.2, 0) is 0 Å². The van der Waals surface area contributed by atoms with Gasteiger partial charge in [-0.05, 0) is 12.1 Å². The third kappa shape index (κ3) is 0.936. The first-order valence-electron chi connectivity index (χ1n) is 3.34. The molecular weight excluding hydrogens is 174 g/mol. The maximum atomic E-state index is 8.73. The molecule has 0 saturated carbocycles. The lowest BCUT2D eigenvalue weighted by Gasteiger charge is -1.95. The molecule has 0 bridgehead atoms. The Balaban J connectivity index is 2.91. The van der Waals surface area contributed by atoms with E-state index in [-0.39, 0.29) is 0 Å². The molecule has 12 heavy (non-hydrogen) atoms. The number of fused-ring (bicyclic) bond motifs is 1. The number of pyridine rings is 1. The second kappa shape index (κ2) is 2.50. The summed E-state index contributed by atoms with van der Waals surface area (Å²) in [5, 5.41) is 13.2. The van der Waals surface area contributed by atoms with Crippen LogP contribution in [0.15, 0.2) is 24.5 Å². The van der Waals surface area contributed by atoms with Crippen LogP contribution in [0.1, 0.15) is 5.56 Å². The Morgan fingerprint density at radius 1 is 1.58 bits per heavy atom. The minimum absolute atomic E-state index is 0.516. The highest BCUT2D eigenvalue weighted by molar-refractivity contribution is 6.30. The number of rotatable bonds is 0. The van der Waals surface area contributed by atoms with Crippen molar-refractivity contribution in [2.75, 3.05) is 0 Å². The fourth-order valence-corrected chi connectivity index (χ4v) is 1.29. The van der Waals surface area contributed by atoms with Gasteiger partial charge in [-0.3, -0.25) is 0 Å². The van der Waals surface area contributed by atoms with E-state index in [1.54, 1.807) is 29.0 Å². The number of hydrogen-bond donors (Lipinski definition) is 0. The molecule has 0 atom stereocenters. The predicted octanol–water partition coefficient (Wildman–Crippen LogP) is 1.86. The van der Waals surface area contributed by atoms with E-state index in [0.717, 1.165) is 5.52 Å². The molecule has 58 valence electrons. The van der Waals surface area contributed by atoms with Crippen molar-refractivity contribution >= 4 is 17.1 Å². The molecule has 0 radical (unpaired) electrons. The Morgan fingerprint density at radius 3 is 3.17 bits per heavy atom. The van der Waals surface area contributed by atoms with Crippen molar-refractivity contribution < 1.29 is 0 Å². The average Bonchev–Trinajstić information content (AvgIpc) is 2.50. The zero-order chi connectivity index (χ0) is 8.55. The standard InChI is InChI=1S/C8H4ClN3/c9-7-3-6(4-10)8-1-2-11-12(8)5-7/h1-3,5H. The van der Waals surface area contributed by atoms with E-state index in [2.05, 4.69) is 11.2 Å². The van der Waals surface area contributed by atoms with Crippen LogP contribution in [0.4, 0.5) is 0 Å². The summed E-state index contributed by atoms with van der Waals surface area (Å²) in [5.74, 6) is 0. The molecule has 0 amide bonds. The summed E-state index contributed by atoms with van der Waals surface area (Å²) >= 11 is 5.75. The van der Waals surface area contributed by atoms with E-state index in [9.17, 15) is 0 Å². The van der Waals surface area contributed by atoms with Gasteiger partial charge in [0.15, 0.2) is 0 Å². The predicted molar refractivity (Wildman–Crippen MR) is 44.9 cm³/mol. The largest absolute Gasteiger partial charge is 0.238 e. The van der Waals surface area contributed by atoms with E-state index in [0.29, 0.717) is 10.6 Å². The van der Waals surface area contributed by atoms with E-state index < -0.39 is 0 Å². The van der Waals surface area contributed by atoms with Crippen molar-refractivity contribution in [3.05, 3.63) is 35.1 Å². The molecule has 0 unspecified atom stereocenters. The topological polar surface area (TPSA) is 41.1 Å². The molecular formula is C8H4ClN3. The van der Waals surface area contributed by atoms with Gasteiger partial charge >= 0.3 is 0 Å². The van der Waals surface area contributed by atoms with E-state index in [1.807, 2.05) is 0 Å². The number of nitriles is 1. The van der Waals surface area contributed by atoms with Gasteiger partial charge in [0.1, 0.15) is 6.07 Å². The van der Waals surface area contributed by atoms with Crippen molar-refractivity contribution in [3.63, 3.8) is 0 Å². The van der Waals surface area contributed by atoms with Gasteiger partial charge in [0, 0.05) is 6.20 Å². The number of aromatic nitrogens is 2. The SMILES string of the molecule is N#Cc1cc(Cl)cn2nccc12. The van der Waals surface area contributed by atoms with Gasteiger partial charge < -0.3 is 0 Å². The van der Waals surface area contributed by atoms with Gasteiger partial charge in [-0.25, -0.2) is 4.52 Å². The van der Waals surface area contributed by atoms with Gasteiger partial charge in [-0.2, -0.15) is 10.4 Å². The van der Waals surface area contributed by atoms with Gasteiger partial charge in [0.25, 0.3) is 0 Å². The monoisotopic (exact) mass is 177 g/mol. The zero-order valence-corrected chi connectivity index (χ0v) is 6.78. The Hall–Kier alpha value is -1.53. The summed E-state index contributed by atoms with van der Waals surface area (Å²) in [5.41, 5.74) is 1.32. The summed E-state index contributed by atoms with van der Waals surface area (Å²) in [4.78, 5) is 0. The quantitative estimate of drug-likeness (QED) is 0.616. The zero-order valence-electron chi connectivity index (χ0n) is 6.03. The molecule has 0 saturated heterocycles. The molecule has 2 aromatic heterocycles. The van der Waals surface area contributed by atoms with Gasteiger partial charge in [-0.15, -0.1) is 0 Å². The molecule has 0 fully saturated rings. The average molecular weight is 178 g/mol. The van der Waals surface area contributed by atoms with Crippen molar-refractivity contribution in [2.24, 2.45) is 0 Å². The molecule has 4 heteroatoms. The van der Waals surface area contributed by atoms with Crippen LogP contribution in [0.5, 0.6) is 0 Å². The summed E-state index contributed by atoms with van der Waals surface area (Å²) < 4.78 is 1.58. The molecule has 2 aromatic rings. The first-order valence-corrected chi connectivity index (χ1v) is 3.72. The van der Waals surface area contributed by atoms with E-state index >= 15 is 0 Å². The molecule has 0 aromatic carbocycles. The summed E-state index contributed by atoms with van der Waals surface area (Å²) in [6, 6.07) is 5.45. The molecule has 0 N–H and O–H groups in total. The van der Waals surface area contributed by atoms with Gasteiger partial charge in [0.05, 0.1) is 22.3 Å². The summed E-state index contributed by atoms with van der Waals surface area (Å²) in [7, 11) is 0. The third-order valence-corrected chi connectivity index (χ3v) is 1.80. The molecule has 2 rings (SSSR count). The van der Waals surface area contributed by atoms with Crippen molar-refractivity contribution in [3.8, 4) is 6.07 Å². The Bertz CT molecular complexity index is 467. The number of nitrogens with zero attached hydrogens (tertiary/aromatic N) is 3. The second-order valence-corrected chi connectivity index (χ2v) is 2.78. The van der Waals surface area contributed by atoms with E-state index in [1.165, 1.54) is 0 Å². The fraction of sp³-hybridized carbons (Fsp3) is 0. The first kappa shape index (κ1) is 7.14. The maximum absolute atomic E-state index is 8.73. The van der Waals surface area contributed by atoms with Gasteiger partial charge in [-0.1, -0.05) is 11.6 Å². The molecule has 2 heterocycles. The van der Waals surface area contributed by atoms with Crippen LogP contribution in [-0.4, -0.2) is 9.61 Å². The lowest BCUT2D eigenvalue weighted by atomic mass is 10.2. The first-order chi connectivity index (χ1) is 5.81. The van der Waals surface area contributed by atoms with Crippen LogP contribution < -0.4 is 0 Å². The third-order valence-electron chi connectivity index (χ3n) is 1.59. The Morgan fingerprint density at radius 2 is 2.42 bits per heavy atom. The summed E-state index contributed by atoms with van der Waals surface area (Å²) in [6.07, 6.45) is 3.30. The van der Waals surface area contributed by atoms with E-state index in [4.69, 9.17) is 16.9 Å². The van der Waals surface area contributed by atoms with Gasteiger partial charge in [0.2, 0.25) is 0 Å². The Labute approximate surface area is 73.8 Å². The normalized spacial score (nSPS) is 10.0. The van der Waals surface area contributed by atoms with Crippen LogP contribution in [0, 0.1) is 11.3 Å². The van der Waals surface area contributed by atoms with Crippen LogP contribution in [0.25, 0.3) is 5.52 Å². The second-order valence-electron chi connectivity index (χ2n) is 2.34. The number of hydrogen-bond acceptors (Lipinski definition) is 2. The van der Waals surface area contributed by atoms with Crippen molar-refractivity contribution in [1.82, 2.24) is 9.61 Å². The molecule has 0 aliphatic rings. The maximum Gasteiger partial charge on any atom is 0.101 e. The number of halogens is 1. The smallest absolute Gasteiger partial charge is 0.101 e. The minimum atomic E-state index is 0.516.